The number of allylic oxidation sites excluding steroid dienone is 6. The summed E-state index contributed by atoms with van der Waals surface area (Å²) in [7, 11) is 0. The number of hydrogen-bond acceptors (Lipinski definition) is 2. The molecule has 0 unspecified atom stereocenters. The van der Waals surface area contributed by atoms with E-state index in [9.17, 15) is 9.18 Å². The van der Waals surface area contributed by atoms with Gasteiger partial charge in [-0.2, -0.15) is 0 Å². The Hall–Kier alpha value is -2.01. The van der Waals surface area contributed by atoms with Gasteiger partial charge in [-0.15, -0.1) is 0 Å². The lowest BCUT2D eigenvalue weighted by atomic mass is 9.97. The van der Waals surface area contributed by atoms with Crippen molar-refractivity contribution in [3.63, 3.8) is 0 Å². The normalized spacial score (nSPS) is 13.0. The van der Waals surface area contributed by atoms with Crippen molar-refractivity contribution in [3.8, 4) is 0 Å². The molecule has 5 heteroatoms. The number of alkyl halides is 1. The molecule has 3 nitrogen and oxygen atoms in total. The van der Waals surface area contributed by atoms with Gasteiger partial charge in [-0.3, -0.25) is 4.79 Å². The SMILES string of the molecule is C=CC(/C(=C\C)CC(=O)Nc1ccc(Br)c(C)n1)=C(C)\C=C/CF. The van der Waals surface area contributed by atoms with Crippen LogP contribution in [-0.2, 0) is 4.79 Å². The first-order valence-corrected chi connectivity index (χ1v) is 8.36. The first-order chi connectivity index (χ1) is 11.4. The minimum Gasteiger partial charge on any atom is -0.310 e. The van der Waals surface area contributed by atoms with Crippen molar-refractivity contribution in [1.29, 1.82) is 0 Å². The molecule has 1 aromatic rings. The van der Waals surface area contributed by atoms with Gasteiger partial charge in [-0.05, 0) is 65.6 Å². The molecular formula is C19H22BrFN2O. The van der Waals surface area contributed by atoms with Gasteiger partial charge < -0.3 is 5.32 Å². The van der Waals surface area contributed by atoms with E-state index >= 15 is 0 Å². The van der Waals surface area contributed by atoms with Crippen LogP contribution in [0.1, 0.15) is 26.0 Å². The Morgan fingerprint density at radius 1 is 1.46 bits per heavy atom. The average Bonchev–Trinajstić information content (AvgIpc) is 2.55. The molecule has 0 radical (unpaired) electrons. The minimum absolute atomic E-state index is 0.168. The molecule has 128 valence electrons. The Morgan fingerprint density at radius 3 is 2.71 bits per heavy atom. The molecule has 0 aliphatic rings. The summed E-state index contributed by atoms with van der Waals surface area (Å²) < 4.78 is 13.2. The maximum absolute atomic E-state index is 12.3. The van der Waals surface area contributed by atoms with Crippen molar-refractivity contribution in [2.45, 2.75) is 27.2 Å². The zero-order valence-corrected chi connectivity index (χ0v) is 15.8. The molecule has 0 saturated heterocycles. The summed E-state index contributed by atoms with van der Waals surface area (Å²) in [6, 6.07) is 3.58. The van der Waals surface area contributed by atoms with E-state index in [0.29, 0.717) is 5.82 Å². The summed E-state index contributed by atoms with van der Waals surface area (Å²) in [5.74, 6) is 0.341. The van der Waals surface area contributed by atoms with Crippen molar-refractivity contribution >= 4 is 27.7 Å². The topological polar surface area (TPSA) is 42.0 Å². The lowest BCUT2D eigenvalue weighted by molar-refractivity contribution is -0.115. The molecule has 1 aromatic heterocycles. The summed E-state index contributed by atoms with van der Waals surface area (Å²) in [5.41, 5.74) is 3.33. The summed E-state index contributed by atoms with van der Waals surface area (Å²) in [6.45, 7) is 8.85. The number of carbonyl (C=O) groups is 1. The molecule has 0 bridgehead atoms. The van der Waals surface area contributed by atoms with Gasteiger partial charge in [0.25, 0.3) is 0 Å². The number of aromatic nitrogens is 1. The minimum atomic E-state index is -0.526. The van der Waals surface area contributed by atoms with Gasteiger partial charge in [0, 0.05) is 4.47 Å². The highest BCUT2D eigenvalue weighted by molar-refractivity contribution is 9.10. The Balaban J connectivity index is 2.90. The van der Waals surface area contributed by atoms with E-state index in [1.807, 2.05) is 32.9 Å². The van der Waals surface area contributed by atoms with Crippen LogP contribution in [0.2, 0.25) is 0 Å². The molecule has 0 spiro atoms. The van der Waals surface area contributed by atoms with E-state index < -0.39 is 6.67 Å². The largest absolute Gasteiger partial charge is 0.310 e. The van der Waals surface area contributed by atoms with E-state index in [0.717, 1.165) is 26.9 Å². The summed E-state index contributed by atoms with van der Waals surface area (Å²) in [4.78, 5) is 16.6. The van der Waals surface area contributed by atoms with Gasteiger partial charge in [-0.25, -0.2) is 9.37 Å². The second-order valence-corrected chi connectivity index (χ2v) is 6.01. The standard InChI is InChI=1S/C19H22BrFN2O/c1-5-15(16(6-2)13(3)8-7-11-21)12-19(24)23-18-10-9-17(20)14(4)22-18/h5-10H,2,11-12H2,1,3-4H3,(H,22,23,24)/b8-7-,15-5-,16-13+. The van der Waals surface area contributed by atoms with Crippen molar-refractivity contribution < 1.29 is 9.18 Å². The van der Waals surface area contributed by atoms with Crippen LogP contribution in [-0.4, -0.2) is 17.6 Å². The lowest BCUT2D eigenvalue weighted by Gasteiger charge is -2.11. The smallest absolute Gasteiger partial charge is 0.229 e. The number of halogens is 2. The van der Waals surface area contributed by atoms with Crippen LogP contribution in [0, 0.1) is 6.92 Å². The fraction of sp³-hybridized carbons (Fsp3) is 0.263. The third kappa shape index (κ3) is 5.89. The number of aryl methyl sites for hydroxylation is 1. The van der Waals surface area contributed by atoms with Crippen LogP contribution in [0.3, 0.4) is 0 Å². The van der Waals surface area contributed by atoms with Crippen molar-refractivity contribution in [2.75, 3.05) is 12.0 Å². The van der Waals surface area contributed by atoms with Crippen LogP contribution < -0.4 is 5.32 Å². The van der Waals surface area contributed by atoms with Crippen molar-refractivity contribution in [1.82, 2.24) is 4.98 Å². The Bertz CT molecular complexity index is 705. The number of anilines is 1. The third-order valence-corrected chi connectivity index (χ3v) is 4.26. The summed E-state index contributed by atoms with van der Waals surface area (Å²) in [5, 5.41) is 2.79. The highest BCUT2D eigenvalue weighted by Crippen LogP contribution is 2.22. The van der Waals surface area contributed by atoms with Gasteiger partial charge >= 0.3 is 0 Å². The first-order valence-electron chi connectivity index (χ1n) is 7.57. The predicted molar refractivity (Wildman–Crippen MR) is 102 cm³/mol. The number of amides is 1. The Kier molecular flexibility index (Phi) is 8.33. The van der Waals surface area contributed by atoms with Crippen LogP contribution in [0.4, 0.5) is 10.2 Å². The molecule has 0 aromatic carbocycles. The molecule has 0 atom stereocenters. The molecule has 1 amide bonds. The van der Waals surface area contributed by atoms with E-state index in [4.69, 9.17) is 0 Å². The lowest BCUT2D eigenvalue weighted by Crippen LogP contribution is -2.14. The second kappa shape index (κ2) is 9.98. The summed E-state index contributed by atoms with van der Waals surface area (Å²) in [6.07, 6.45) is 6.86. The number of pyridine rings is 1. The van der Waals surface area contributed by atoms with Gasteiger partial charge in [0.1, 0.15) is 12.5 Å². The monoisotopic (exact) mass is 392 g/mol. The highest BCUT2D eigenvalue weighted by Gasteiger charge is 2.11. The quantitative estimate of drug-likeness (QED) is 0.626. The average molecular weight is 393 g/mol. The zero-order valence-electron chi connectivity index (χ0n) is 14.2. The van der Waals surface area contributed by atoms with E-state index in [-0.39, 0.29) is 12.3 Å². The zero-order chi connectivity index (χ0) is 18.1. The Morgan fingerprint density at radius 2 is 2.17 bits per heavy atom. The van der Waals surface area contributed by atoms with E-state index in [2.05, 4.69) is 32.8 Å². The fourth-order valence-corrected chi connectivity index (χ4v) is 2.40. The van der Waals surface area contributed by atoms with E-state index in [1.54, 1.807) is 18.2 Å². The van der Waals surface area contributed by atoms with Gasteiger partial charge in [-0.1, -0.05) is 30.9 Å². The van der Waals surface area contributed by atoms with E-state index in [1.165, 1.54) is 6.08 Å². The van der Waals surface area contributed by atoms with Crippen molar-refractivity contribution in [3.05, 3.63) is 69.9 Å². The number of nitrogens with zero attached hydrogens (tertiary/aromatic N) is 1. The third-order valence-electron chi connectivity index (χ3n) is 3.42. The maximum atomic E-state index is 12.3. The molecule has 0 aliphatic heterocycles. The molecule has 1 rings (SSSR count). The number of rotatable bonds is 7. The molecule has 0 fully saturated rings. The Labute approximate surface area is 151 Å². The molecule has 24 heavy (non-hydrogen) atoms. The van der Waals surface area contributed by atoms with Crippen LogP contribution in [0.15, 0.2) is 64.2 Å². The highest BCUT2D eigenvalue weighted by atomic mass is 79.9. The number of hydrogen-bond donors (Lipinski definition) is 1. The van der Waals surface area contributed by atoms with Crippen LogP contribution in [0.25, 0.3) is 0 Å². The molecular weight excluding hydrogens is 371 g/mol. The molecule has 1 N–H and O–H groups in total. The number of nitrogens with one attached hydrogen (secondary N) is 1. The van der Waals surface area contributed by atoms with Gasteiger partial charge in [0.2, 0.25) is 5.91 Å². The van der Waals surface area contributed by atoms with Gasteiger partial charge in [0.15, 0.2) is 0 Å². The van der Waals surface area contributed by atoms with Crippen molar-refractivity contribution in [2.24, 2.45) is 0 Å². The first kappa shape index (κ1) is 20.0. The molecule has 0 aliphatic carbocycles. The van der Waals surface area contributed by atoms with Gasteiger partial charge in [0.05, 0.1) is 12.1 Å². The maximum Gasteiger partial charge on any atom is 0.229 e. The van der Waals surface area contributed by atoms with Crippen LogP contribution in [0.5, 0.6) is 0 Å². The van der Waals surface area contributed by atoms with Crippen LogP contribution >= 0.6 is 15.9 Å². The fourth-order valence-electron chi connectivity index (χ4n) is 2.18. The predicted octanol–water partition coefficient (Wildman–Crippen LogP) is 5.46. The molecule has 0 saturated carbocycles. The number of carbonyl (C=O) groups excluding carboxylic acids is 1. The summed E-state index contributed by atoms with van der Waals surface area (Å²) >= 11 is 3.38. The molecule has 1 heterocycles. The second-order valence-electron chi connectivity index (χ2n) is 5.16.